The number of halogens is 1. The molecular formula is C15H28BrNO2S. The lowest BCUT2D eigenvalue weighted by molar-refractivity contribution is 0.263. The van der Waals surface area contributed by atoms with Crippen LogP contribution in [-0.4, -0.2) is 26.0 Å². The van der Waals surface area contributed by atoms with Crippen LogP contribution in [0.15, 0.2) is 0 Å². The highest BCUT2D eigenvalue weighted by molar-refractivity contribution is 9.09. The van der Waals surface area contributed by atoms with Gasteiger partial charge < -0.3 is 0 Å². The van der Waals surface area contributed by atoms with Crippen LogP contribution in [-0.2, 0) is 10.0 Å². The SMILES string of the molecule is O=S(=O)(CC1CCCCC1)NCC1CCCCC1CBr. The molecule has 2 atom stereocenters. The maximum Gasteiger partial charge on any atom is 0.211 e. The van der Waals surface area contributed by atoms with Gasteiger partial charge in [0.25, 0.3) is 0 Å². The Labute approximate surface area is 132 Å². The summed E-state index contributed by atoms with van der Waals surface area (Å²) >= 11 is 3.57. The molecule has 20 heavy (non-hydrogen) atoms. The summed E-state index contributed by atoms with van der Waals surface area (Å²) in [6, 6.07) is 0. The van der Waals surface area contributed by atoms with E-state index in [4.69, 9.17) is 0 Å². The van der Waals surface area contributed by atoms with E-state index in [1.54, 1.807) is 0 Å². The first-order valence-corrected chi connectivity index (χ1v) is 10.9. The van der Waals surface area contributed by atoms with Gasteiger partial charge in [0.05, 0.1) is 5.75 Å². The predicted molar refractivity (Wildman–Crippen MR) is 87.6 cm³/mol. The summed E-state index contributed by atoms with van der Waals surface area (Å²) in [7, 11) is -3.08. The van der Waals surface area contributed by atoms with Crippen molar-refractivity contribution in [3.05, 3.63) is 0 Å². The minimum absolute atomic E-state index is 0.346. The van der Waals surface area contributed by atoms with E-state index in [9.17, 15) is 8.42 Å². The zero-order valence-electron chi connectivity index (χ0n) is 12.3. The molecule has 0 aromatic carbocycles. The Kier molecular flexibility index (Phi) is 6.82. The predicted octanol–water partition coefficient (Wildman–Crippen LogP) is 3.69. The molecule has 2 rings (SSSR count). The van der Waals surface area contributed by atoms with Gasteiger partial charge in [-0.3, -0.25) is 0 Å². The Morgan fingerprint density at radius 2 is 1.50 bits per heavy atom. The highest BCUT2D eigenvalue weighted by Crippen LogP contribution is 2.31. The number of nitrogens with one attached hydrogen (secondary N) is 1. The van der Waals surface area contributed by atoms with Crippen LogP contribution in [0.1, 0.15) is 57.8 Å². The first-order valence-electron chi connectivity index (χ1n) is 8.14. The molecule has 0 aromatic heterocycles. The van der Waals surface area contributed by atoms with E-state index in [-0.39, 0.29) is 0 Å². The maximum atomic E-state index is 12.2. The van der Waals surface area contributed by atoms with Gasteiger partial charge in [0, 0.05) is 11.9 Å². The molecule has 2 aliphatic rings. The van der Waals surface area contributed by atoms with E-state index >= 15 is 0 Å². The third-order valence-corrected chi connectivity index (χ3v) is 7.36. The molecular weight excluding hydrogens is 338 g/mol. The first kappa shape index (κ1) is 16.8. The van der Waals surface area contributed by atoms with Gasteiger partial charge in [0.2, 0.25) is 10.0 Å². The maximum absolute atomic E-state index is 12.2. The fraction of sp³-hybridized carbons (Fsp3) is 1.00. The summed E-state index contributed by atoms with van der Waals surface area (Å²) in [5.41, 5.74) is 0. The minimum atomic E-state index is -3.08. The average Bonchev–Trinajstić information content (AvgIpc) is 2.46. The Hall–Kier alpha value is 0.390. The molecule has 3 nitrogen and oxygen atoms in total. The largest absolute Gasteiger partial charge is 0.215 e. The van der Waals surface area contributed by atoms with Crippen molar-refractivity contribution >= 4 is 26.0 Å². The topological polar surface area (TPSA) is 46.2 Å². The van der Waals surface area contributed by atoms with Gasteiger partial charge in [-0.05, 0) is 43.4 Å². The second kappa shape index (κ2) is 8.14. The van der Waals surface area contributed by atoms with Gasteiger partial charge in [-0.2, -0.15) is 0 Å². The third kappa shape index (κ3) is 5.30. The highest BCUT2D eigenvalue weighted by Gasteiger charge is 2.27. The molecule has 118 valence electrons. The lowest BCUT2D eigenvalue weighted by Gasteiger charge is -2.30. The molecule has 0 aromatic rings. The molecule has 2 saturated carbocycles. The molecule has 2 aliphatic carbocycles. The summed E-state index contributed by atoms with van der Waals surface area (Å²) in [6.45, 7) is 0.644. The van der Waals surface area contributed by atoms with Crippen LogP contribution in [0.5, 0.6) is 0 Å². The molecule has 0 saturated heterocycles. The van der Waals surface area contributed by atoms with E-state index < -0.39 is 10.0 Å². The van der Waals surface area contributed by atoms with Crippen LogP contribution in [0.4, 0.5) is 0 Å². The number of rotatable bonds is 6. The lowest BCUT2D eigenvalue weighted by Crippen LogP contribution is -2.37. The Morgan fingerprint density at radius 3 is 2.15 bits per heavy atom. The Balaban J connectivity index is 1.78. The van der Waals surface area contributed by atoms with Crippen LogP contribution in [0, 0.1) is 17.8 Å². The summed E-state index contributed by atoms with van der Waals surface area (Å²) in [6.07, 6.45) is 10.8. The van der Waals surface area contributed by atoms with Gasteiger partial charge >= 0.3 is 0 Å². The molecule has 2 fully saturated rings. The third-order valence-electron chi connectivity index (χ3n) is 5.01. The van der Waals surface area contributed by atoms with Crippen LogP contribution in [0.2, 0.25) is 0 Å². The number of alkyl halides is 1. The highest BCUT2D eigenvalue weighted by atomic mass is 79.9. The summed E-state index contributed by atoms with van der Waals surface area (Å²) < 4.78 is 27.3. The van der Waals surface area contributed by atoms with Gasteiger partial charge in [-0.1, -0.05) is 48.0 Å². The average molecular weight is 366 g/mol. The van der Waals surface area contributed by atoms with Crippen LogP contribution >= 0.6 is 15.9 Å². The fourth-order valence-electron chi connectivity index (χ4n) is 3.71. The standard InChI is InChI=1S/C15H28BrNO2S/c16-10-14-8-4-5-9-15(14)11-17-20(18,19)12-13-6-2-1-3-7-13/h13-15,17H,1-12H2. The summed E-state index contributed by atoms with van der Waals surface area (Å²) in [4.78, 5) is 0. The smallest absolute Gasteiger partial charge is 0.211 e. The number of sulfonamides is 1. The molecule has 0 aliphatic heterocycles. The molecule has 2 unspecified atom stereocenters. The van der Waals surface area contributed by atoms with Crippen LogP contribution in [0.3, 0.4) is 0 Å². The molecule has 0 radical (unpaired) electrons. The van der Waals surface area contributed by atoms with Crippen molar-refractivity contribution < 1.29 is 8.42 Å². The second-order valence-corrected chi connectivity index (χ2v) is 9.09. The minimum Gasteiger partial charge on any atom is -0.215 e. The summed E-state index contributed by atoms with van der Waals surface area (Å²) in [5, 5.41) is 1.00. The van der Waals surface area contributed by atoms with Crippen molar-refractivity contribution in [2.24, 2.45) is 17.8 Å². The Morgan fingerprint density at radius 1 is 0.900 bits per heavy atom. The van der Waals surface area contributed by atoms with Crippen molar-refractivity contribution in [2.45, 2.75) is 57.8 Å². The quantitative estimate of drug-likeness (QED) is 0.729. The molecule has 0 amide bonds. The number of hydrogen-bond acceptors (Lipinski definition) is 2. The van der Waals surface area contributed by atoms with Crippen molar-refractivity contribution in [1.29, 1.82) is 0 Å². The zero-order chi connectivity index (χ0) is 14.4. The van der Waals surface area contributed by atoms with Gasteiger partial charge in [0.15, 0.2) is 0 Å². The molecule has 5 heteroatoms. The molecule has 0 bridgehead atoms. The fourth-order valence-corrected chi connectivity index (χ4v) is 6.11. The molecule has 0 heterocycles. The molecule has 1 N–H and O–H groups in total. The van der Waals surface area contributed by atoms with Gasteiger partial charge in [-0.15, -0.1) is 0 Å². The van der Waals surface area contributed by atoms with E-state index in [0.29, 0.717) is 30.1 Å². The van der Waals surface area contributed by atoms with Gasteiger partial charge in [0.1, 0.15) is 0 Å². The van der Waals surface area contributed by atoms with E-state index in [0.717, 1.165) is 18.2 Å². The monoisotopic (exact) mass is 365 g/mol. The van der Waals surface area contributed by atoms with Crippen molar-refractivity contribution in [3.8, 4) is 0 Å². The van der Waals surface area contributed by atoms with Crippen molar-refractivity contribution in [2.75, 3.05) is 17.6 Å². The van der Waals surface area contributed by atoms with Crippen molar-refractivity contribution in [1.82, 2.24) is 4.72 Å². The van der Waals surface area contributed by atoms with E-state index in [2.05, 4.69) is 20.7 Å². The van der Waals surface area contributed by atoms with E-state index in [1.807, 2.05) is 0 Å². The Bertz CT molecular complexity index is 379. The molecule has 0 spiro atoms. The van der Waals surface area contributed by atoms with Crippen molar-refractivity contribution in [3.63, 3.8) is 0 Å². The zero-order valence-corrected chi connectivity index (χ0v) is 14.7. The second-order valence-electron chi connectivity index (χ2n) is 6.59. The lowest BCUT2D eigenvalue weighted by atomic mass is 9.80. The first-order chi connectivity index (χ1) is 9.61. The normalized spacial score (nSPS) is 29.4. The number of hydrogen-bond donors (Lipinski definition) is 1. The van der Waals surface area contributed by atoms with Crippen LogP contribution < -0.4 is 4.72 Å². The van der Waals surface area contributed by atoms with Crippen LogP contribution in [0.25, 0.3) is 0 Å². The van der Waals surface area contributed by atoms with E-state index in [1.165, 1.54) is 44.9 Å². The summed E-state index contributed by atoms with van der Waals surface area (Å²) in [5.74, 6) is 1.89. The van der Waals surface area contributed by atoms with Gasteiger partial charge in [-0.25, -0.2) is 13.1 Å².